The molecule has 120 valence electrons. The second kappa shape index (κ2) is 8.48. The summed E-state index contributed by atoms with van der Waals surface area (Å²) in [5.41, 5.74) is 0.754. The van der Waals surface area contributed by atoms with Gasteiger partial charge in [0.05, 0.1) is 6.10 Å². The zero-order valence-electron chi connectivity index (χ0n) is 12.9. The number of hydrogen-bond donors (Lipinski definition) is 2. The molecule has 1 atom stereocenters. The first-order valence-electron chi connectivity index (χ1n) is 7.48. The first kappa shape index (κ1) is 17.2. The van der Waals surface area contributed by atoms with Gasteiger partial charge in [-0.25, -0.2) is 4.98 Å². The summed E-state index contributed by atoms with van der Waals surface area (Å²) in [6.07, 6.45) is 1.29. The van der Waals surface area contributed by atoms with Gasteiger partial charge in [-0.3, -0.25) is 0 Å². The molecule has 2 N–H and O–H groups in total. The Balaban J connectivity index is 1.85. The van der Waals surface area contributed by atoms with Crippen LogP contribution in [0.4, 0.5) is 5.13 Å². The Labute approximate surface area is 140 Å². The summed E-state index contributed by atoms with van der Waals surface area (Å²) in [6.45, 7) is 7.33. The van der Waals surface area contributed by atoms with Gasteiger partial charge in [-0.15, -0.1) is 11.3 Å². The van der Waals surface area contributed by atoms with Crippen molar-refractivity contribution in [3.63, 3.8) is 0 Å². The molecule has 0 amide bonds. The van der Waals surface area contributed by atoms with Gasteiger partial charge in [0.2, 0.25) is 0 Å². The Morgan fingerprint density at radius 2 is 2.05 bits per heavy atom. The molecule has 0 aliphatic carbocycles. The molecule has 4 nitrogen and oxygen atoms in total. The number of nitrogens with one attached hydrogen (secondary N) is 1. The molecule has 2 aromatic rings. The molecule has 0 saturated heterocycles. The number of rotatable bonds is 8. The van der Waals surface area contributed by atoms with Crippen LogP contribution in [0.1, 0.15) is 30.4 Å². The van der Waals surface area contributed by atoms with Crippen molar-refractivity contribution in [1.82, 2.24) is 10.3 Å². The van der Waals surface area contributed by atoms with E-state index in [0.29, 0.717) is 18.1 Å². The molecule has 1 unspecified atom stereocenters. The van der Waals surface area contributed by atoms with Gasteiger partial charge in [0, 0.05) is 47.8 Å². The molecule has 0 saturated carbocycles. The summed E-state index contributed by atoms with van der Waals surface area (Å²) in [4.78, 5) is 7.84. The number of aliphatic hydroxyl groups excluding tert-OH is 1. The van der Waals surface area contributed by atoms with Crippen LogP contribution >= 0.6 is 22.9 Å². The lowest BCUT2D eigenvalue weighted by molar-refractivity contribution is 0.174. The normalized spacial score (nSPS) is 12.4. The number of aliphatic hydroxyl groups is 1. The van der Waals surface area contributed by atoms with E-state index in [9.17, 15) is 5.11 Å². The molecule has 0 aliphatic heterocycles. The average molecular weight is 340 g/mol. The second-order valence-electron chi connectivity index (χ2n) is 4.95. The summed E-state index contributed by atoms with van der Waals surface area (Å²) < 4.78 is 0. The summed E-state index contributed by atoms with van der Waals surface area (Å²) >= 11 is 7.77. The molecule has 1 heterocycles. The standard InChI is InChI=1S/C16H22ClN3OS/c1-3-20(4-2)16-19-10-12(22-16)9-18-11-15(21)13-7-5-6-8-14(13)17/h5-8,10,15,18,21H,3-4,9,11H2,1-2H3. The Morgan fingerprint density at radius 3 is 2.73 bits per heavy atom. The molecular formula is C16H22ClN3OS. The minimum Gasteiger partial charge on any atom is -0.387 e. The van der Waals surface area contributed by atoms with Crippen LogP contribution in [0.5, 0.6) is 0 Å². The number of aromatic nitrogens is 1. The minimum absolute atomic E-state index is 0.461. The molecule has 0 bridgehead atoms. The van der Waals surface area contributed by atoms with E-state index in [2.05, 4.69) is 29.0 Å². The van der Waals surface area contributed by atoms with Gasteiger partial charge >= 0.3 is 0 Å². The lowest BCUT2D eigenvalue weighted by Crippen LogP contribution is -2.21. The predicted octanol–water partition coefficient (Wildman–Crippen LogP) is 3.47. The highest BCUT2D eigenvalue weighted by molar-refractivity contribution is 7.15. The minimum atomic E-state index is -0.608. The van der Waals surface area contributed by atoms with E-state index in [4.69, 9.17) is 11.6 Å². The third-order valence-corrected chi connectivity index (χ3v) is 4.88. The number of thiazole rings is 1. The van der Waals surface area contributed by atoms with E-state index in [0.717, 1.165) is 28.7 Å². The van der Waals surface area contributed by atoms with Crippen LogP contribution in [-0.2, 0) is 6.54 Å². The van der Waals surface area contributed by atoms with Crippen molar-refractivity contribution in [2.75, 3.05) is 24.5 Å². The van der Waals surface area contributed by atoms with E-state index < -0.39 is 6.10 Å². The molecule has 0 radical (unpaired) electrons. The van der Waals surface area contributed by atoms with Gasteiger partial charge in [-0.2, -0.15) is 0 Å². The highest BCUT2D eigenvalue weighted by Gasteiger charge is 2.11. The fourth-order valence-electron chi connectivity index (χ4n) is 2.21. The molecule has 22 heavy (non-hydrogen) atoms. The zero-order valence-corrected chi connectivity index (χ0v) is 14.5. The van der Waals surface area contributed by atoms with Gasteiger partial charge in [0.25, 0.3) is 0 Å². The SMILES string of the molecule is CCN(CC)c1ncc(CNCC(O)c2ccccc2Cl)s1. The average Bonchev–Trinajstić information content (AvgIpc) is 2.97. The van der Waals surface area contributed by atoms with Crippen molar-refractivity contribution in [3.8, 4) is 0 Å². The topological polar surface area (TPSA) is 48.4 Å². The van der Waals surface area contributed by atoms with Crippen molar-refractivity contribution in [3.05, 3.63) is 45.9 Å². The quantitative estimate of drug-likeness (QED) is 0.773. The fraction of sp³-hybridized carbons (Fsp3) is 0.438. The van der Waals surface area contributed by atoms with E-state index in [-0.39, 0.29) is 0 Å². The highest BCUT2D eigenvalue weighted by atomic mass is 35.5. The second-order valence-corrected chi connectivity index (χ2v) is 6.45. The third kappa shape index (κ3) is 4.43. The van der Waals surface area contributed by atoms with E-state index in [1.165, 1.54) is 0 Å². The highest BCUT2D eigenvalue weighted by Crippen LogP contribution is 2.23. The van der Waals surface area contributed by atoms with Gasteiger partial charge in [-0.05, 0) is 19.9 Å². The largest absolute Gasteiger partial charge is 0.387 e. The summed E-state index contributed by atoms with van der Waals surface area (Å²) in [6, 6.07) is 7.38. The van der Waals surface area contributed by atoms with Crippen molar-refractivity contribution in [2.45, 2.75) is 26.5 Å². The Morgan fingerprint density at radius 1 is 1.32 bits per heavy atom. The molecule has 0 aliphatic rings. The van der Waals surface area contributed by atoms with Gasteiger partial charge in [0.1, 0.15) is 0 Å². The fourth-order valence-corrected chi connectivity index (χ4v) is 3.48. The number of halogens is 1. The molecule has 1 aromatic heterocycles. The Bertz CT molecular complexity index is 586. The van der Waals surface area contributed by atoms with E-state index in [1.807, 2.05) is 24.4 Å². The van der Waals surface area contributed by atoms with Crippen LogP contribution in [0.15, 0.2) is 30.5 Å². The summed E-state index contributed by atoms with van der Waals surface area (Å²) in [5.74, 6) is 0. The lowest BCUT2D eigenvalue weighted by Gasteiger charge is -2.16. The van der Waals surface area contributed by atoms with E-state index in [1.54, 1.807) is 17.4 Å². The zero-order chi connectivity index (χ0) is 15.9. The smallest absolute Gasteiger partial charge is 0.185 e. The van der Waals surface area contributed by atoms with Crippen LogP contribution in [0, 0.1) is 0 Å². The number of benzene rings is 1. The van der Waals surface area contributed by atoms with Crippen LogP contribution in [0.25, 0.3) is 0 Å². The van der Waals surface area contributed by atoms with Crippen molar-refractivity contribution in [1.29, 1.82) is 0 Å². The molecule has 6 heteroatoms. The number of anilines is 1. The maximum Gasteiger partial charge on any atom is 0.185 e. The Kier molecular flexibility index (Phi) is 6.64. The van der Waals surface area contributed by atoms with Gasteiger partial charge in [0.15, 0.2) is 5.13 Å². The Hall–Kier alpha value is -1.14. The molecule has 0 spiro atoms. The lowest BCUT2D eigenvalue weighted by atomic mass is 10.1. The van der Waals surface area contributed by atoms with Crippen molar-refractivity contribution in [2.24, 2.45) is 0 Å². The van der Waals surface area contributed by atoms with Crippen LogP contribution in [0.3, 0.4) is 0 Å². The number of hydrogen-bond acceptors (Lipinski definition) is 5. The first-order chi connectivity index (χ1) is 10.7. The molecule has 2 rings (SSSR count). The van der Waals surface area contributed by atoms with Crippen LogP contribution in [0.2, 0.25) is 5.02 Å². The predicted molar refractivity (Wildman–Crippen MR) is 93.8 cm³/mol. The van der Waals surface area contributed by atoms with Crippen LogP contribution < -0.4 is 10.2 Å². The maximum absolute atomic E-state index is 10.2. The maximum atomic E-state index is 10.2. The molecule has 1 aromatic carbocycles. The number of nitrogens with zero attached hydrogens (tertiary/aromatic N) is 2. The third-order valence-electron chi connectivity index (χ3n) is 3.48. The first-order valence-corrected chi connectivity index (χ1v) is 8.68. The van der Waals surface area contributed by atoms with Crippen LogP contribution in [-0.4, -0.2) is 29.7 Å². The van der Waals surface area contributed by atoms with Crippen molar-refractivity contribution >= 4 is 28.1 Å². The monoisotopic (exact) mass is 339 g/mol. The summed E-state index contributed by atoms with van der Waals surface area (Å²) in [7, 11) is 0. The van der Waals surface area contributed by atoms with E-state index >= 15 is 0 Å². The molecule has 0 fully saturated rings. The van der Waals surface area contributed by atoms with Gasteiger partial charge < -0.3 is 15.3 Å². The molecular weight excluding hydrogens is 318 g/mol. The van der Waals surface area contributed by atoms with Gasteiger partial charge in [-0.1, -0.05) is 29.8 Å². The summed E-state index contributed by atoms with van der Waals surface area (Å²) in [5, 5.41) is 15.1. The van der Waals surface area contributed by atoms with Crippen molar-refractivity contribution < 1.29 is 5.11 Å².